The zero-order valence-electron chi connectivity index (χ0n) is 16.1. The van der Waals surface area contributed by atoms with Crippen molar-refractivity contribution in [3.63, 3.8) is 0 Å². The number of carbonyl (C=O) groups is 2. The second-order valence-corrected chi connectivity index (χ2v) is 8.73. The van der Waals surface area contributed by atoms with Crippen LogP contribution in [-0.4, -0.2) is 21.9 Å². The van der Waals surface area contributed by atoms with Crippen LogP contribution in [0.25, 0.3) is 10.9 Å². The van der Waals surface area contributed by atoms with Crippen molar-refractivity contribution in [2.75, 3.05) is 0 Å². The van der Waals surface area contributed by atoms with Crippen molar-refractivity contribution in [2.45, 2.75) is 32.9 Å². The van der Waals surface area contributed by atoms with Crippen LogP contribution in [0.15, 0.2) is 34.9 Å². The Morgan fingerprint density at radius 2 is 1.96 bits per heavy atom. The lowest BCUT2D eigenvalue weighted by atomic mass is 9.72. The summed E-state index contributed by atoms with van der Waals surface area (Å²) in [5.74, 6) is -1.48. The zero-order valence-corrected chi connectivity index (χ0v) is 16.9. The highest BCUT2D eigenvalue weighted by Gasteiger charge is 2.45. The van der Waals surface area contributed by atoms with Crippen molar-refractivity contribution in [3.05, 3.63) is 46.1 Å². The highest BCUT2D eigenvalue weighted by molar-refractivity contribution is 8.04. The summed E-state index contributed by atoms with van der Waals surface area (Å²) < 4.78 is 0. The Morgan fingerprint density at radius 1 is 1.29 bits per heavy atom. The monoisotopic (exact) mass is 392 g/mol. The Balaban J connectivity index is 1.97. The number of para-hydroxylation sites is 1. The first-order valence-corrected chi connectivity index (χ1v) is 9.73. The molecule has 7 heteroatoms. The molecule has 1 aliphatic heterocycles. The van der Waals surface area contributed by atoms with Crippen LogP contribution in [0.3, 0.4) is 0 Å². The maximum atomic E-state index is 13.2. The molecule has 1 aromatic heterocycles. The van der Waals surface area contributed by atoms with E-state index >= 15 is 0 Å². The molecule has 0 spiro atoms. The van der Waals surface area contributed by atoms with Crippen LogP contribution in [-0.2, 0) is 4.79 Å². The molecule has 0 radical (unpaired) electrons. The topological polar surface area (TPSA) is 110 Å². The summed E-state index contributed by atoms with van der Waals surface area (Å²) in [6, 6.07) is 11.7. The normalized spacial score (nSPS) is 19.6. The van der Waals surface area contributed by atoms with Gasteiger partial charge in [0.25, 0.3) is 0 Å². The van der Waals surface area contributed by atoms with E-state index in [1.165, 1.54) is 0 Å². The lowest BCUT2D eigenvalue weighted by molar-refractivity contribution is -0.125. The number of aromatic amines is 1. The number of benzene rings is 1. The number of Topliss-reactive ketones (excluding diaryl/α,β-unsaturated/α-hetero) is 1. The summed E-state index contributed by atoms with van der Waals surface area (Å²) in [6.45, 7) is 7.02. The smallest absolute Gasteiger partial charge is 0.243 e. The van der Waals surface area contributed by atoms with Gasteiger partial charge < -0.3 is 10.3 Å². The Kier molecular flexibility index (Phi) is 5.06. The fourth-order valence-electron chi connectivity index (χ4n) is 3.54. The number of ketones is 1. The molecule has 2 heterocycles. The molecule has 2 aromatic rings. The van der Waals surface area contributed by atoms with Gasteiger partial charge in [0.15, 0.2) is 5.78 Å². The third kappa shape index (κ3) is 3.08. The number of amides is 1. The van der Waals surface area contributed by atoms with Gasteiger partial charge in [-0.2, -0.15) is 10.5 Å². The van der Waals surface area contributed by atoms with Crippen LogP contribution in [0.1, 0.15) is 36.8 Å². The van der Waals surface area contributed by atoms with Crippen LogP contribution in [0.4, 0.5) is 0 Å². The number of fused-ring (bicyclic) bond motifs is 1. The number of thioether (sulfide) groups is 1. The predicted molar refractivity (Wildman–Crippen MR) is 108 cm³/mol. The molecule has 0 aliphatic carbocycles. The maximum absolute atomic E-state index is 13.2. The Morgan fingerprint density at radius 3 is 2.61 bits per heavy atom. The molecule has 3 rings (SSSR count). The Labute approximate surface area is 167 Å². The van der Waals surface area contributed by atoms with Crippen LogP contribution < -0.4 is 5.32 Å². The quantitative estimate of drug-likeness (QED) is 0.769. The van der Waals surface area contributed by atoms with E-state index in [0.717, 1.165) is 28.4 Å². The lowest BCUT2D eigenvalue weighted by Gasteiger charge is -2.35. The number of nitrogens with one attached hydrogen (secondary N) is 2. The van der Waals surface area contributed by atoms with E-state index in [2.05, 4.69) is 16.4 Å². The predicted octanol–water partition coefficient (Wildman–Crippen LogP) is 3.81. The first-order valence-electron chi connectivity index (χ1n) is 8.85. The Hall–Kier alpha value is -3.03. The Bertz CT molecular complexity index is 1100. The van der Waals surface area contributed by atoms with Gasteiger partial charge in [0.2, 0.25) is 5.91 Å². The SMILES string of the molecule is Cc1[nH]c2ccccc2c1C(=O)C(C)SC1=C(C#N)C(C)(C)C(C#N)C(=O)N1. The molecule has 1 aromatic carbocycles. The van der Waals surface area contributed by atoms with Crippen LogP contribution in [0.2, 0.25) is 0 Å². The molecular formula is C21H20N4O2S. The van der Waals surface area contributed by atoms with E-state index in [0.29, 0.717) is 16.2 Å². The van der Waals surface area contributed by atoms with Crippen molar-refractivity contribution < 1.29 is 9.59 Å². The fraction of sp³-hybridized carbons (Fsp3) is 0.333. The number of carbonyl (C=O) groups excluding carboxylic acids is 2. The standard InChI is InChI=1S/C21H20N4O2S/c1-11-17(13-7-5-6-8-16(13)24-11)18(26)12(2)28-20-15(10-23)21(3,4)14(9-22)19(27)25-20/h5-8,12,14,24H,1-4H3,(H,25,27). The molecule has 0 saturated heterocycles. The largest absolute Gasteiger partial charge is 0.358 e. The molecule has 2 N–H and O–H groups in total. The van der Waals surface area contributed by atoms with Gasteiger partial charge >= 0.3 is 0 Å². The van der Waals surface area contributed by atoms with Gasteiger partial charge in [-0.05, 0) is 19.9 Å². The molecule has 28 heavy (non-hydrogen) atoms. The van der Waals surface area contributed by atoms with Gasteiger partial charge in [0.1, 0.15) is 5.92 Å². The summed E-state index contributed by atoms with van der Waals surface area (Å²) in [7, 11) is 0. The second kappa shape index (κ2) is 7.18. The minimum Gasteiger partial charge on any atom is -0.358 e. The molecule has 2 atom stereocenters. The molecule has 0 saturated carbocycles. The number of allylic oxidation sites excluding steroid dienone is 1. The average Bonchev–Trinajstić information content (AvgIpc) is 2.96. The van der Waals surface area contributed by atoms with E-state index < -0.39 is 22.5 Å². The fourth-order valence-corrected chi connectivity index (χ4v) is 4.71. The second-order valence-electron chi connectivity index (χ2n) is 7.38. The van der Waals surface area contributed by atoms with E-state index in [9.17, 15) is 20.1 Å². The molecule has 0 fully saturated rings. The van der Waals surface area contributed by atoms with Gasteiger partial charge in [-0.15, -0.1) is 0 Å². The molecular weight excluding hydrogens is 372 g/mol. The first-order chi connectivity index (χ1) is 13.2. The summed E-state index contributed by atoms with van der Waals surface area (Å²) >= 11 is 1.15. The third-order valence-corrected chi connectivity index (χ3v) is 6.25. The van der Waals surface area contributed by atoms with Crippen LogP contribution in [0, 0.1) is 40.9 Å². The van der Waals surface area contributed by atoms with E-state index in [-0.39, 0.29) is 5.78 Å². The number of hydrogen-bond donors (Lipinski definition) is 2. The van der Waals surface area contributed by atoms with E-state index in [1.54, 1.807) is 20.8 Å². The molecule has 2 unspecified atom stereocenters. The van der Waals surface area contributed by atoms with Crippen molar-refractivity contribution >= 4 is 34.4 Å². The molecule has 0 bridgehead atoms. The van der Waals surface area contributed by atoms with E-state index in [1.807, 2.05) is 37.3 Å². The summed E-state index contributed by atoms with van der Waals surface area (Å²) in [4.78, 5) is 28.7. The van der Waals surface area contributed by atoms with Gasteiger partial charge in [-0.3, -0.25) is 9.59 Å². The minimum absolute atomic E-state index is 0.0841. The van der Waals surface area contributed by atoms with Crippen molar-refractivity contribution in [1.82, 2.24) is 10.3 Å². The first kappa shape index (κ1) is 19.7. The highest BCUT2D eigenvalue weighted by Crippen LogP contribution is 2.43. The lowest BCUT2D eigenvalue weighted by Crippen LogP contribution is -2.45. The van der Waals surface area contributed by atoms with Gasteiger partial charge in [0, 0.05) is 27.6 Å². The molecule has 1 amide bonds. The number of aromatic nitrogens is 1. The summed E-state index contributed by atoms with van der Waals surface area (Å²) in [6.07, 6.45) is 0. The molecule has 1 aliphatic rings. The van der Waals surface area contributed by atoms with Crippen LogP contribution in [0.5, 0.6) is 0 Å². The number of hydrogen-bond acceptors (Lipinski definition) is 5. The van der Waals surface area contributed by atoms with Crippen molar-refractivity contribution in [3.8, 4) is 12.1 Å². The van der Waals surface area contributed by atoms with Crippen LogP contribution >= 0.6 is 11.8 Å². The van der Waals surface area contributed by atoms with Gasteiger partial charge in [-0.25, -0.2) is 0 Å². The van der Waals surface area contributed by atoms with Crippen molar-refractivity contribution in [2.24, 2.45) is 11.3 Å². The maximum Gasteiger partial charge on any atom is 0.243 e. The number of rotatable bonds is 4. The minimum atomic E-state index is -0.951. The summed E-state index contributed by atoms with van der Waals surface area (Å²) in [5.41, 5.74) is 1.69. The third-order valence-electron chi connectivity index (χ3n) is 5.14. The van der Waals surface area contributed by atoms with Crippen molar-refractivity contribution in [1.29, 1.82) is 10.5 Å². The number of nitriles is 2. The average molecular weight is 392 g/mol. The zero-order chi connectivity index (χ0) is 20.6. The molecule has 142 valence electrons. The van der Waals surface area contributed by atoms with E-state index in [4.69, 9.17) is 0 Å². The number of H-pyrrole nitrogens is 1. The number of nitrogens with zero attached hydrogens (tertiary/aromatic N) is 2. The highest BCUT2D eigenvalue weighted by atomic mass is 32.2. The molecule has 6 nitrogen and oxygen atoms in total. The summed E-state index contributed by atoms with van der Waals surface area (Å²) in [5, 5.41) is 22.3. The number of aryl methyl sites for hydroxylation is 1. The van der Waals surface area contributed by atoms with Gasteiger partial charge in [0.05, 0.1) is 28.0 Å². The van der Waals surface area contributed by atoms with Gasteiger partial charge in [-0.1, -0.05) is 43.8 Å².